The van der Waals surface area contributed by atoms with E-state index in [1.54, 1.807) is 59.4 Å². The lowest BCUT2D eigenvalue weighted by atomic mass is 9.95. The molecule has 268 valence electrons. The molecule has 2 N–H and O–H groups in total. The molecule has 2 aliphatic rings. The normalized spacial score (nSPS) is 17.1. The first-order valence-corrected chi connectivity index (χ1v) is 18.1. The molecule has 1 aliphatic carbocycles. The zero-order valence-corrected chi connectivity index (χ0v) is 30.7. The summed E-state index contributed by atoms with van der Waals surface area (Å²) in [5, 5.41) is 6.40. The van der Waals surface area contributed by atoms with E-state index in [0.717, 1.165) is 35.1 Å². The van der Waals surface area contributed by atoms with E-state index in [-0.39, 0.29) is 29.0 Å². The van der Waals surface area contributed by atoms with Gasteiger partial charge >= 0.3 is 0 Å². The molecule has 3 aromatic rings. The third kappa shape index (κ3) is 7.45. The summed E-state index contributed by atoms with van der Waals surface area (Å²) in [4.78, 5) is 42.8. The van der Waals surface area contributed by atoms with E-state index in [1.807, 2.05) is 41.5 Å². The Morgan fingerprint density at radius 3 is 2.32 bits per heavy atom. The van der Waals surface area contributed by atoms with Crippen LogP contribution in [0.1, 0.15) is 61.4 Å². The van der Waals surface area contributed by atoms with Crippen LogP contribution in [0, 0.1) is 0 Å². The van der Waals surface area contributed by atoms with Gasteiger partial charge in [0.15, 0.2) is 11.5 Å². The first-order valence-electron chi connectivity index (χ1n) is 16.7. The van der Waals surface area contributed by atoms with Crippen LogP contribution in [-0.2, 0) is 16.0 Å². The van der Waals surface area contributed by atoms with Gasteiger partial charge in [-0.1, -0.05) is 6.07 Å². The van der Waals surface area contributed by atoms with E-state index in [2.05, 4.69) is 10.6 Å². The Morgan fingerprint density at radius 2 is 1.66 bits per heavy atom. The number of carbonyl (C=O) groups is 2. The summed E-state index contributed by atoms with van der Waals surface area (Å²) in [7, 11) is 7.91. The van der Waals surface area contributed by atoms with Crippen molar-refractivity contribution in [3.8, 4) is 39.9 Å². The number of thioether (sulfide) groups is 1. The molecule has 1 unspecified atom stereocenters. The van der Waals surface area contributed by atoms with E-state index in [0.29, 0.717) is 65.9 Å². The van der Waals surface area contributed by atoms with Crippen LogP contribution in [0.2, 0.25) is 0 Å². The number of amides is 2. The lowest BCUT2D eigenvalue weighted by Gasteiger charge is -2.30. The van der Waals surface area contributed by atoms with Gasteiger partial charge in [0.05, 0.1) is 53.3 Å². The van der Waals surface area contributed by atoms with Crippen molar-refractivity contribution in [2.24, 2.45) is 0 Å². The number of methoxy groups -OCH3 is 5. The number of aryl methyl sites for hydroxylation is 1. The lowest BCUT2D eigenvalue weighted by molar-refractivity contribution is -0.133. The number of anilines is 1. The van der Waals surface area contributed by atoms with E-state index < -0.39 is 12.1 Å². The zero-order valence-electron chi connectivity index (χ0n) is 29.8. The van der Waals surface area contributed by atoms with E-state index >= 15 is 0 Å². The number of benzene rings is 2. The van der Waals surface area contributed by atoms with Crippen LogP contribution in [0.5, 0.6) is 28.7 Å². The number of likely N-dealkylation sites (tertiary alicyclic amines) is 1. The summed E-state index contributed by atoms with van der Waals surface area (Å²) >= 11 is 1.64. The SMILES string of the molecule is COc1ccc(C2CCCN2C(=O)[C@@H](CCSC)Nc2ccc3c(cc2=O)[C@H](NC(C)=O)CCc2cc(OC)c(OC)c(OC)c2-3)c(OC)c1. The lowest BCUT2D eigenvalue weighted by Crippen LogP contribution is -2.43. The number of nitrogens with one attached hydrogen (secondary N) is 2. The van der Waals surface area contributed by atoms with Gasteiger partial charge in [-0.3, -0.25) is 14.4 Å². The molecule has 0 bridgehead atoms. The van der Waals surface area contributed by atoms with Crippen molar-refractivity contribution >= 4 is 29.3 Å². The van der Waals surface area contributed by atoms with Gasteiger partial charge in [-0.05, 0) is 91.1 Å². The van der Waals surface area contributed by atoms with Crippen LogP contribution in [0.4, 0.5) is 5.69 Å². The maximum atomic E-state index is 14.4. The second-order valence-corrected chi connectivity index (χ2v) is 13.4. The Balaban J connectivity index is 1.58. The van der Waals surface area contributed by atoms with Crippen LogP contribution in [-0.4, -0.2) is 76.9 Å². The average Bonchev–Trinajstić information content (AvgIpc) is 3.50. The quantitative estimate of drug-likeness (QED) is 0.226. The van der Waals surface area contributed by atoms with Crippen molar-refractivity contribution in [1.29, 1.82) is 0 Å². The van der Waals surface area contributed by atoms with Crippen LogP contribution in [0.3, 0.4) is 0 Å². The predicted molar refractivity (Wildman–Crippen MR) is 196 cm³/mol. The Hall–Kier alpha value is -4.58. The van der Waals surface area contributed by atoms with Crippen molar-refractivity contribution in [2.45, 2.75) is 57.2 Å². The summed E-state index contributed by atoms with van der Waals surface area (Å²) in [5.41, 5.74) is 3.99. The first-order chi connectivity index (χ1) is 24.2. The van der Waals surface area contributed by atoms with E-state index in [9.17, 15) is 14.4 Å². The van der Waals surface area contributed by atoms with Gasteiger partial charge in [-0.25, -0.2) is 0 Å². The van der Waals surface area contributed by atoms with Crippen LogP contribution < -0.4 is 39.7 Å². The van der Waals surface area contributed by atoms with Crippen LogP contribution >= 0.6 is 11.8 Å². The molecule has 12 heteroatoms. The minimum atomic E-state index is -0.653. The second kappa shape index (κ2) is 16.4. The van der Waals surface area contributed by atoms with Gasteiger partial charge in [-0.2, -0.15) is 11.8 Å². The highest BCUT2D eigenvalue weighted by atomic mass is 32.2. The molecule has 2 amide bonds. The maximum absolute atomic E-state index is 14.4. The highest BCUT2D eigenvalue weighted by molar-refractivity contribution is 7.98. The summed E-state index contributed by atoms with van der Waals surface area (Å²) in [5.74, 6) is 3.21. The predicted octanol–water partition coefficient (Wildman–Crippen LogP) is 5.78. The molecule has 1 heterocycles. The molecule has 3 atom stereocenters. The van der Waals surface area contributed by atoms with Crippen molar-refractivity contribution in [1.82, 2.24) is 10.2 Å². The molecule has 1 saturated heterocycles. The van der Waals surface area contributed by atoms with Gasteiger partial charge in [0.1, 0.15) is 17.5 Å². The Bertz CT molecular complexity index is 1780. The number of hydrogen-bond donors (Lipinski definition) is 2. The van der Waals surface area contributed by atoms with Crippen molar-refractivity contribution in [2.75, 3.05) is 59.4 Å². The number of ether oxygens (including phenoxy) is 5. The Morgan fingerprint density at radius 1 is 0.900 bits per heavy atom. The molecular weight excluding hydrogens is 658 g/mol. The molecule has 1 fully saturated rings. The number of carbonyl (C=O) groups excluding carboxylic acids is 2. The number of nitrogens with zero attached hydrogens (tertiary/aromatic N) is 1. The number of hydrogen-bond acceptors (Lipinski definition) is 10. The minimum Gasteiger partial charge on any atom is -0.497 e. The number of fused-ring (bicyclic) bond motifs is 3. The van der Waals surface area contributed by atoms with Crippen LogP contribution in [0.15, 0.2) is 47.3 Å². The monoisotopic (exact) mass is 705 g/mol. The fraction of sp³-hybridized carbons (Fsp3) is 0.447. The summed E-state index contributed by atoms with van der Waals surface area (Å²) < 4.78 is 28.4. The standard InChI is InChI=1S/C38H47N3O8S/c1-22(42)39-28-14-10-23-19-34(47-4)36(48-5)37(49-6)35(23)25-13-15-29(32(43)21-27(25)28)40-30(16-18-50-7)38(44)41-17-8-9-31(41)26-12-11-24(45-2)20-33(26)46-3/h11-13,15,19-21,28,30-31H,8-10,14,16-18H2,1-7H3,(H,39,42)(H,40,43)/t28-,30-,31?/m1/s1. The van der Waals surface area contributed by atoms with E-state index in [4.69, 9.17) is 23.7 Å². The van der Waals surface area contributed by atoms with Crippen molar-refractivity contribution < 1.29 is 33.3 Å². The molecule has 3 aromatic carbocycles. The highest BCUT2D eigenvalue weighted by Gasteiger charge is 2.36. The molecule has 0 saturated carbocycles. The number of rotatable bonds is 13. The molecule has 0 spiro atoms. The summed E-state index contributed by atoms with van der Waals surface area (Å²) in [6.45, 7) is 2.06. The molecule has 0 radical (unpaired) electrons. The van der Waals surface area contributed by atoms with Crippen molar-refractivity contribution in [3.05, 3.63) is 69.4 Å². The first kappa shape index (κ1) is 36.7. The Labute approximate surface area is 298 Å². The fourth-order valence-corrected chi connectivity index (χ4v) is 7.63. The molecular formula is C38H47N3O8S. The second-order valence-electron chi connectivity index (χ2n) is 12.4. The largest absolute Gasteiger partial charge is 0.497 e. The van der Waals surface area contributed by atoms with Gasteiger partial charge in [0.2, 0.25) is 23.0 Å². The smallest absolute Gasteiger partial charge is 0.245 e. The average molecular weight is 706 g/mol. The molecule has 50 heavy (non-hydrogen) atoms. The highest BCUT2D eigenvalue weighted by Crippen LogP contribution is 2.50. The fourth-order valence-electron chi connectivity index (χ4n) is 7.16. The van der Waals surface area contributed by atoms with Gasteiger partial charge in [0, 0.05) is 30.7 Å². The molecule has 11 nitrogen and oxygen atoms in total. The van der Waals surface area contributed by atoms with E-state index in [1.165, 1.54) is 6.92 Å². The molecule has 1 aliphatic heterocycles. The molecule has 5 rings (SSSR count). The summed E-state index contributed by atoms with van der Waals surface area (Å²) in [6.07, 6.45) is 5.30. The van der Waals surface area contributed by atoms with Crippen molar-refractivity contribution in [3.63, 3.8) is 0 Å². The van der Waals surface area contributed by atoms with Gasteiger partial charge in [-0.15, -0.1) is 0 Å². The topological polar surface area (TPSA) is 125 Å². The van der Waals surface area contributed by atoms with Crippen LogP contribution in [0.25, 0.3) is 11.1 Å². The Kier molecular flexibility index (Phi) is 12.0. The molecule has 0 aromatic heterocycles. The minimum absolute atomic E-state index is 0.0770. The maximum Gasteiger partial charge on any atom is 0.245 e. The zero-order chi connectivity index (χ0) is 35.9. The third-order valence-electron chi connectivity index (χ3n) is 9.49. The van der Waals surface area contributed by atoms with Gasteiger partial charge in [0.25, 0.3) is 0 Å². The third-order valence-corrected chi connectivity index (χ3v) is 10.1. The summed E-state index contributed by atoms with van der Waals surface area (Å²) in [6, 6.07) is 11.5. The van der Waals surface area contributed by atoms with Gasteiger partial charge < -0.3 is 39.2 Å².